The zero-order valence-corrected chi connectivity index (χ0v) is 15.2. The highest BCUT2D eigenvalue weighted by Gasteiger charge is 2.20. The quantitative estimate of drug-likeness (QED) is 0.276. The number of nitrogens with zero attached hydrogens (tertiary/aromatic N) is 4. The summed E-state index contributed by atoms with van der Waals surface area (Å²) < 4.78 is 5.16. The Morgan fingerprint density at radius 1 is 1.44 bits per heavy atom. The highest BCUT2D eigenvalue weighted by molar-refractivity contribution is 8.13. The number of ether oxygens (including phenoxy) is 1. The number of hydrogen-bond acceptors (Lipinski definition) is 6. The molecule has 1 amide bonds. The van der Waals surface area contributed by atoms with Crippen LogP contribution in [0.15, 0.2) is 34.4 Å². The van der Waals surface area contributed by atoms with E-state index in [2.05, 4.69) is 15.4 Å². The van der Waals surface area contributed by atoms with Crippen LogP contribution in [0.3, 0.4) is 0 Å². The highest BCUT2D eigenvalue weighted by Crippen LogP contribution is 2.18. The van der Waals surface area contributed by atoms with Crippen molar-refractivity contribution in [2.75, 3.05) is 26.5 Å². The van der Waals surface area contributed by atoms with Crippen molar-refractivity contribution in [2.45, 2.75) is 19.3 Å². The third-order valence-electron chi connectivity index (χ3n) is 3.67. The van der Waals surface area contributed by atoms with Gasteiger partial charge in [0.25, 0.3) is 0 Å². The van der Waals surface area contributed by atoms with Gasteiger partial charge in [0.2, 0.25) is 5.91 Å². The molecule has 0 unspecified atom stereocenters. The number of amides is 1. The van der Waals surface area contributed by atoms with Gasteiger partial charge >= 0.3 is 0 Å². The van der Waals surface area contributed by atoms with Gasteiger partial charge in [0.1, 0.15) is 5.75 Å². The third kappa shape index (κ3) is 5.50. The molecule has 0 spiro atoms. The van der Waals surface area contributed by atoms with Crippen molar-refractivity contribution in [2.24, 2.45) is 10.1 Å². The SMILES string of the molecule is COc1ccc(C2=NN(CCCN=C(NC#N)SC)C(=O)CC2)cc1. The number of methoxy groups -OCH3 is 1. The van der Waals surface area contributed by atoms with E-state index in [4.69, 9.17) is 10.00 Å². The number of carbonyl (C=O) groups is 1. The van der Waals surface area contributed by atoms with Crippen LogP contribution in [-0.2, 0) is 4.79 Å². The molecule has 1 aliphatic heterocycles. The fourth-order valence-corrected chi connectivity index (χ4v) is 2.74. The molecule has 1 aromatic rings. The van der Waals surface area contributed by atoms with Crippen LogP contribution in [-0.4, -0.2) is 48.3 Å². The van der Waals surface area contributed by atoms with E-state index < -0.39 is 0 Å². The predicted molar refractivity (Wildman–Crippen MR) is 99.7 cm³/mol. The third-order valence-corrected chi connectivity index (χ3v) is 4.29. The fourth-order valence-electron chi connectivity index (χ4n) is 2.37. The molecule has 0 aliphatic carbocycles. The number of hydrogen-bond donors (Lipinski definition) is 1. The van der Waals surface area contributed by atoms with E-state index in [-0.39, 0.29) is 5.91 Å². The van der Waals surface area contributed by atoms with Crippen LogP contribution in [0.2, 0.25) is 0 Å². The summed E-state index contributed by atoms with van der Waals surface area (Å²) in [6.07, 6.45) is 5.48. The summed E-state index contributed by atoms with van der Waals surface area (Å²) in [4.78, 5) is 16.3. The topological polar surface area (TPSA) is 90.1 Å². The maximum absolute atomic E-state index is 12.1. The molecule has 0 saturated heterocycles. The first-order valence-corrected chi connectivity index (χ1v) is 9.16. The average Bonchev–Trinajstić information content (AvgIpc) is 2.65. The highest BCUT2D eigenvalue weighted by atomic mass is 32.2. The minimum Gasteiger partial charge on any atom is -0.497 e. The summed E-state index contributed by atoms with van der Waals surface area (Å²) in [6.45, 7) is 1.04. The molecule has 0 saturated carbocycles. The van der Waals surface area contributed by atoms with Gasteiger partial charge in [-0.2, -0.15) is 10.4 Å². The van der Waals surface area contributed by atoms with Crippen LogP contribution < -0.4 is 10.1 Å². The van der Waals surface area contributed by atoms with Gasteiger partial charge in [-0.05, 0) is 42.5 Å². The maximum Gasteiger partial charge on any atom is 0.243 e. The molecule has 2 rings (SSSR count). The molecule has 8 heteroatoms. The van der Waals surface area contributed by atoms with Crippen LogP contribution in [0.1, 0.15) is 24.8 Å². The van der Waals surface area contributed by atoms with Crippen molar-refractivity contribution in [3.8, 4) is 11.9 Å². The maximum atomic E-state index is 12.1. The Hall–Kier alpha value is -2.53. The summed E-state index contributed by atoms with van der Waals surface area (Å²) in [5.74, 6) is 0.822. The molecule has 1 aliphatic rings. The minimum atomic E-state index is 0.0291. The van der Waals surface area contributed by atoms with Gasteiger partial charge < -0.3 is 4.74 Å². The Balaban J connectivity index is 1.97. The number of thioether (sulfide) groups is 1. The Morgan fingerprint density at radius 2 is 2.20 bits per heavy atom. The van der Waals surface area contributed by atoms with E-state index in [9.17, 15) is 4.79 Å². The molecule has 0 radical (unpaired) electrons. The first-order valence-electron chi connectivity index (χ1n) is 7.93. The van der Waals surface area contributed by atoms with Crippen LogP contribution in [0.4, 0.5) is 0 Å². The van der Waals surface area contributed by atoms with E-state index in [1.54, 1.807) is 7.11 Å². The number of carbonyl (C=O) groups excluding carboxylic acids is 1. The average molecular weight is 359 g/mol. The zero-order chi connectivity index (χ0) is 18.1. The first-order chi connectivity index (χ1) is 12.2. The standard InChI is InChI=1S/C17H21N5O2S/c1-24-14-6-4-13(5-7-14)15-8-9-16(23)22(21-15)11-3-10-19-17(25-2)20-12-18/h4-7H,3,8-11H2,1-2H3,(H,19,20). The van der Waals surface area contributed by atoms with Gasteiger partial charge in [0.15, 0.2) is 11.4 Å². The smallest absolute Gasteiger partial charge is 0.243 e. The van der Waals surface area contributed by atoms with Gasteiger partial charge in [0.05, 0.1) is 12.8 Å². The zero-order valence-electron chi connectivity index (χ0n) is 14.4. The molecule has 1 N–H and O–H groups in total. The van der Waals surface area contributed by atoms with E-state index in [0.717, 1.165) is 17.0 Å². The summed E-state index contributed by atoms with van der Waals surface area (Å²) >= 11 is 1.38. The number of hydrazone groups is 1. The molecule has 1 aromatic carbocycles. The number of nitrogens with one attached hydrogen (secondary N) is 1. The first kappa shape index (κ1) is 18.8. The van der Waals surface area contributed by atoms with Crippen LogP contribution in [0.5, 0.6) is 5.75 Å². The number of amidine groups is 1. The molecule has 0 atom stereocenters. The second kappa shape index (κ2) is 9.69. The van der Waals surface area contributed by atoms with E-state index in [0.29, 0.717) is 37.5 Å². The molecule has 7 nitrogen and oxygen atoms in total. The minimum absolute atomic E-state index is 0.0291. The largest absolute Gasteiger partial charge is 0.497 e. The Bertz CT molecular complexity index is 694. The number of rotatable bonds is 6. The molecule has 1 heterocycles. The van der Waals surface area contributed by atoms with Gasteiger partial charge in [-0.25, -0.2) is 5.01 Å². The lowest BCUT2D eigenvalue weighted by molar-refractivity contribution is -0.131. The summed E-state index contributed by atoms with van der Waals surface area (Å²) in [7, 11) is 1.63. The van der Waals surface area contributed by atoms with Gasteiger partial charge in [-0.3, -0.25) is 15.1 Å². The molecule has 0 aromatic heterocycles. The van der Waals surface area contributed by atoms with Gasteiger partial charge in [-0.15, -0.1) is 0 Å². The fraction of sp³-hybridized carbons (Fsp3) is 0.412. The van der Waals surface area contributed by atoms with Crippen molar-refractivity contribution in [3.63, 3.8) is 0 Å². The number of aliphatic imine (C=N–C) groups is 1. The molecular weight excluding hydrogens is 338 g/mol. The van der Waals surface area contributed by atoms with Crippen LogP contribution >= 0.6 is 11.8 Å². The normalized spacial score (nSPS) is 14.8. The van der Waals surface area contributed by atoms with Crippen molar-refractivity contribution in [3.05, 3.63) is 29.8 Å². The molecular formula is C17H21N5O2S. The second-order valence-corrected chi connectivity index (χ2v) is 6.07. The summed E-state index contributed by atoms with van der Waals surface area (Å²) in [5.41, 5.74) is 1.90. The summed E-state index contributed by atoms with van der Waals surface area (Å²) in [5, 5.41) is 17.7. The van der Waals surface area contributed by atoms with E-state index in [1.165, 1.54) is 16.8 Å². The van der Waals surface area contributed by atoms with E-state index >= 15 is 0 Å². The number of benzene rings is 1. The van der Waals surface area contributed by atoms with Gasteiger partial charge in [-0.1, -0.05) is 11.8 Å². The predicted octanol–water partition coefficient (Wildman–Crippen LogP) is 2.20. The van der Waals surface area contributed by atoms with Gasteiger partial charge in [0, 0.05) is 25.9 Å². The number of nitriles is 1. The molecule has 132 valence electrons. The Kier molecular flexibility index (Phi) is 7.29. The van der Waals surface area contributed by atoms with Crippen LogP contribution in [0.25, 0.3) is 0 Å². The Morgan fingerprint density at radius 3 is 2.84 bits per heavy atom. The monoisotopic (exact) mass is 359 g/mol. The van der Waals surface area contributed by atoms with Crippen molar-refractivity contribution in [1.29, 1.82) is 5.26 Å². The van der Waals surface area contributed by atoms with Crippen molar-refractivity contribution >= 4 is 28.5 Å². The van der Waals surface area contributed by atoms with Crippen molar-refractivity contribution in [1.82, 2.24) is 10.3 Å². The second-order valence-electron chi connectivity index (χ2n) is 5.27. The van der Waals surface area contributed by atoms with Crippen LogP contribution in [0, 0.1) is 11.5 Å². The summed E-state index contributed by atoms with van der Waals surface area (Å²) in [6, 6.07) is 7.68. The van der Waals surface area contributed by atoms with Crippen molar-refractivity contribution < 1.29 is 9.53 Å². The lowest BCUT2D eigenvalue weighted by Crippen LogP contribution is -2.33. The van der Waals surface area contributed by atoms with E-state index in [1.807, 2.05) is 36.7 Å². The lowest BCUT2D eigenvalue weighted by Gasteiger charge is -2.23. The Labute approximate surface area is 151 Å². The lowest BCUT2D eigenvalue weighted by atomic mass is 10.0. The molecule has 25 heavy (non-hydrogen) atoms. The molecule has 0 bridgehead atoms. The molecule has 0 fully saturated rings.